The third-order valence-electron chi connectivity index (χ3n) is 4.90. The molecule has 0 unspecified atom stereocenters. The van der Waals surface area contributed by atoms with Crippen LogP contribution in [0.3, 0.4) is 0 Å². The van der Waals surface area contributed by atoms with Crippen molar-refractivity contribution in [2.24, 2.45) is 5.73 Å². The van der Waals surface area contributed by atoms with Gasteiger partial charge in [-0.3, -0.25) is 4.79 Å². The molecule has 6 nitrogen and oxygen atoms in total. The number of nitrogens with two attached hydrogens (primary N) is 1. The normalized spacial score (nSPS) is 10.8. The molecule has 2 aromatic carbocycles. The van der Waals surface area contributed by atoms with Gasteiger partial charge in [0.25, 0.3) is 0 Å². The van der Waals surface area contributed by atoms with E-state index in [9.17, 15) is 14.0 Å². The molecule has 2 N–H and O–H groups in total. The number of carbonyl (C=O) groups excluding carboxylic acids is 2. The highest BCUT2D eigenvalue weighted by atomic mass is 19.1. The molecule has 0 saturated heterocycles. The smallest absolute Gasteiger partial charge is 0.404 e. The molecule has 0 aliphatic rings. The summed E-state index contributed by atoms with van der Waals surface area (Å²) in [5.41, 5.74) is 4.95. The minimum Gasteiger partial charge on any atom is -0.478 e. The van der Waals surface area contributed by atoms with E-state index in [-0.39, 0.29) is 30.6 Å². The lowest BCUT2D eigenvalue weighted by atomic mass is 9.92. The Balaban J connectivity index is 2.08. The van der Waals surface area contributed by atoms with Gasteiger partial charge in [-0.15, -0.1) is 0 Å². The van der Waals surface area contributed by atoms with Crippen LogP contribution in [0.4, 0.5) is 13.6 Å². The molecular weight excluding hydrogens is 406 g/mol. The molecule has 1 aromatic heterocycles. The van der Waals surface area contributed by atoms with E-state index in [0.717, 1.165) is 6.07 Å². The number of amides is 1. The molecule has 162 valence electrons. The van der Waals surface area contributed by atoms with Gasteiger partial charge in [0.2, 0.25) is 5.88 Å². The van der Waals surface area contributed by atoms with Crippen LogP contribution < -0.4 is 10.5 Å². The summed E-state index contributed by atoms with van der Waals surface area (Å²) in [4.78, 5) is 28.1. The number of aromatic nitrogens is 1. The Morgan fingerprint density at radius 2 is 1.90 bits per heavy atom. The number of ketones is 1. The SMILES string of the molecule is CCOc1nccc2c(C(=O)c3c(F)cc(CCOC(N)=O)c(CC)c3F)cccc12. The standard InChI is InChI=1S/C23H22F2N2O4/c1-3-14-13(9-11-31-23(26)29)12-18(24)19(20(14)25)21(28)16-6-5-7-17-15(16)8-10-27-22(17)30-4-2/h5-8,10,12H,3-4,9,11H2,1-2H3,(H2,26,29). The Labute approximate surface area is 178 Å². The number of nitrogens with zero attached hydrogens (tertiary/aromatic N) is 1. The van der Waals surface area contributed by atoms with Gasteiger partial charge in [0, 0.05) is 23.6 Å². The van der Waals surface area contributed by atoms with Gasteiger partial charge < -0.3 is 15.2 Å². The average molecular weight is 428 g/mol. The van der Waals surface area contributed by atoms with Gasteiger partial charge in [-0.1, -0.05) is 19.1 Å². The number of benzene rings is 2. The van der Waals surface area contributed by atoms with Gasteiger partial charge in [-0.05, 0) is 48.1 Å². The molecule has 8 heteroatoms. The van der Waals surface area contributed by atoms with Gasteiger partial charge in [0.1, 0.15) is 11.6 Å². The predicted molar refractivity (Wildman–Crippen MR) is 111 cm³/mol. The van der Waals surface area contributed by atoms with Gasteiger partial charge in [-0.2, -0.15) is 0 Å². The highest BCUT2D eigenvalue weighted by Gasteiger charge is 2.25. The Bertz CT molecular complexity index is 1150. The molecule has 31 heavy (non-hydrogen) atoms. The average Bonchev–Trinajstić information content (AvgIpc) is 2.73. The molecule has 0 saturated carbocycles. The number of fused-ring (bicyclic) bond motifs is 1. The number of hydrogen-bond acceptors (Lipinski definition) is 5. The van der Waals surface area contributed by atoms with Crippen LogP contribution in [0.15, 0.2) is 36.5 Å². The van der Waals surface area contributed by atoms with E-state index in [1.807, 2.05) is 6.92 Å². The summed E-state index contributed by atoms with van der Waals surface area (Å²) < 4.78 is 40.4. The summed E-state index contributed by atoms with van der Waals surface area (Å²) >= 11 is 0. The maximum Gasteiger partial charge on any atom is 0.404 e. The molecule has 0 aliphatic carbocycles. The molecule has 0 atom stereocenters. The fraction of sp³-hybridized carbons (Fsp3) is 0.261. The quantitative estimate of drug-likeness (QED) is 0.539. The zero-order valence-corrected chi connectivity index (χ0v) is 17.2. The summed E-state index contributed by atoms with van der Waals surface area (Å²) in [7, 11) is 0. The highest BCUT2D eigenvalue weighted by molar-refractivity contribution is 6.17. The molecule has 0 spiro atoms. The molecular formula is C23H22F2N2O4. The van der Waals surface area contributed by atoms with Crippen molar-refractivity contribution in [1.82, 2.24) is 4.98 Å². The Morgan fingerprint density at radius 1 is 1.13 bits per heavy atom. The maximum absolute atomic E-state index is 15.3. The van der Waals surface area contributed by atoms with Gasteiger partial charge >= 0.3 is 6.09 Å². The first-order valence-electron chi connectivity index (χ1n) is 9.86. The van der Waals surface area contributed by atoms with Crippen molar-refractivity contribution in [2.75, 3.05) is 13.2 Å². The number of halogens is 2. The molecule has 0 aliphatic heterocycles. The predicted octanol–water partition coefficient (Wildman–Crippen LogP) is 4.34. The number of hydrogen-bond donors (Lipinski definition) is 1. The second-order valence-corrected chi connectivity index (χ2v) is 6.74. The van der Waals surface area contributed by atoms with E-state index in [1.54, 1.807) is 25.1 Å². The Hall–Kier alpha value is -3.55. The van der Waals surface area contributed by atoms with Crippen molar-refractivity contribution in [3.05, 3.63) is 70.4 Å². The molecule has 0 fully saturated rings. The third kappa shape index (κ3) is 4.47. The van der Waals surface area contributed by atoms with E-state index in [4.69, 9.17) is 10.5 Å². The van der Waals surface area contributed by atoms with Crippen molar-refractivity contribution in [3.63, 3.8) is 0 Å². The van der Waals surface area contributed by atoms with Crippen LogP contribution in [0.25, 0.3) is 10.8 Å². The van der Waals surface area contributed by atoms with Crippen LogP contribution in [-0.4, -0.2) is 30.1 Å². The number of pyridine rings is 1. The summed E-state index contributed by atoms with van der Waals surface area (Å²) in [6, 6.07) is 7.58. The molecule has 3 aromatic rings. The summed E-state index contributed by atoms with van der Waals surface area (Å²) in [5.74, 6) is -2.33. The molecule has 1 heterocycles. The maximum atomic E-state index is 15.3. The van der Waals surface area contributed by atoms with Crippen LogP contribution in [-0.2, 0) is 17.6 Å². The number of carbonyl (C=O) groups is 2. The van der Waals surface area contributed by atoms with Crippen molar-refractivity contribution < 1.29 is 27.8 Å². The van der Waals surface area contributed by atoms with Gasteiger partial charge in [0.15, 0.2) is 5.78 Å². The largest absolute Gasteiger partial charge is 0.478 e. The topological polar surface area (TPSA) is 91.5 Å². The Kier molecular flexibility index (Phi) is 6.79. The molecule has 3 rings (SSSR count). The zero-order chi connectivity index (χ0) is 22.5. The van der Waals surface area contributed by atoms with Gasteiger partial charge in [-0.25, -0.2) is 18.6 Å². The number of ether oxygens (including phenoxy) is 2. The van der Waals surface area contributed by atoms with E-state index < -0.39 is 29.1 Å². The lowest BCUT2D eigenvalue weighted by Gasteiger charge is -2.15. The van der Waals surface area contributed by atoms with E-state index in [1.165, 1.54) is 12.3 Å². The first-order valence-corrected chi connectivity index (χ1v) is 9.86. The van der Waals surface area contributed by atoms with Crippen molar-refractivity contribution in [2.45, 2.75) is 26.7 Å². The monoisotopic (exact) mass is 428 g/mol. The minimum atomic E-state index is -0.982. The van der Waals surface area contributed by atoms with Crippen molar-refractivity contribution in [1.29, 1.82) is 0 Å². The second-order valence-electron chi connectivity index (χ2n) is 6.74. The second kappa shape index (κ2) is 9.51. The third-order valence-corrected chi connectivity index (χ3v) is 4.90. The summed E-state index contributed by atoms with van der Waals surface area (Å²) in [5, 5.41) is 1.06. The highest BCUT2D eigenvalue weighted by Crippen LogP contribution is 2.30. The Morgan fingerprint density at radius 3 is 2.58 bits per heavy atom. The first kappa shape index (κ1) is 22.1. The fourth-order valence-electron chi connectivity index (χ4n) is 3.55. The zero-order valence-electron chi connectivity index (χ0n) is 17.2. The van der Waals surface area contributed by atoms with Gasteiger partial charge in [0.05, 0.1) is 18.8 Å². The lowest BCUT2D eigenvalue weighted by Crippen LogP contribution is -2.17. The van der Waals surface area contributed by atoms with E-state index >= 15 is 4.39 Å². The van der Waals surface area contributed by atoms with Crippen molar-refractivity contribution in [3.8, 4) is 5.88 Å². The van der Waals surface area contributed by atoms with E-state index in [2.05, 4.69) is 9.72 Å². The molecule has 0 bridgehead atoms. The number of primary amides is 1. The van der Waals surface area contributed by atoms with Crippen LogP contribution in [0, 0.1) is 11.6 Å². The van der Waals surface area contributed by atoms with Crippen LogP contribution in [0.1, 0.15) is 40.9 Å². The van der Waals surface area contributed by atoms with E-state index in [0.29, 0.717) is 28.8 Å². The minimum absolute atomic E-state index is 0.0755. The van der Waals surface area contributed by atoms with Crippen LogP contribution in [0.5, 0.6) is 5.88 Å². The summed E-state index contributed by atoms with van der Waals surface area (Å²) in [6.45, 7) is 3.77. The van der Waals surface area contributed by atoms with Crippen LogP contribution in [0.2, 0.25) is 0 Å². The summed E-state index contributed by atoms with van der Waals surface area (Å²) in [6.07, 6.45) is 0.816. The van der Waals surface area contributed by atoms with Crippen LogP contribution >= 0.6 is 0 Å². The van der Waals surface area contributed by atoms with Crippen molar-refractivity contribution >= 4 is 22.6 Å². The lowest BCUT2D eigenvalue weighted by molar-refractivity contribution is 0.103. The first-order chi connectivity index (χ1) is 14.9. The molecule has 1 amide bonds. The fourth-order valence-corrected chi connectivity index (χ4v) is 3.55. The number of rotatable bonds is 8. The molecule has 0 radical (unpaired) electrons.